The number of benzene rings is 1. The van der Waals surface area contributed by atoms with Crippen LogP contribution in [0.15, 0.2) is 70.3 Å². The molecule has 2 aromatic heterocycles. The van der Waals surface area contributed by atoms with Gasteiger partial charge in [-0.15, -0.1) is 24.0 Å². The summed E-state index contributed by atoms with van der Waals surface area (Å²) in [5, 5.41) is 7.09. The van der Waals surface area contributed by atoms with Crippen molar-refractivity contribution in [1.82, 2.24) is 15.5 Å². The molecule has 0 bridgehead atoms. The van der Waals surface area contributed by atoms with Gasteiger partial charge in [-0.05, 0) is 12.1 Å². The Balaban J connectivity index is 0.00000225. The summed E-state index contributed by atoms with van der Waals surface area (Å²) in [4.78, 5) is 8.53. The van der Waals surface area contributed by atoms with Gasteiger partial charge in [-0.3, -0.25) is 4.98 Å². The van der Waals surface area contributed by atoms with E-state index in [0.29, 0.717) is 19.0 Å². The van der Waals surface area contributed by atoms with Crippen LogP contribution in [0, 0.1) is 0 Å². The van der Waals surface area contributed by atoms with E-state index in [2.05, 4.69) is 20.4 Å². The van der Waals surface area contributed by atoms with Crippen molar-refractivity contribution in [3.63, 3.8) is 0 Å². The maximum absolute atomic E-state index is 5.86. The van der Waals surface area contributed by atoms with Gasteiger partial charge < -0.3 is 15.6 Å². The molecule has 25 heavy (non-hydrogen) atoms. The van der Waals surface area contributed by atoms with E-state index >= 15 is 0 Å². The molecular formula is C18H20IN5O. The van der Waals surface area contributed by atoms with Crippen LogP contribution in [-0.4, -0.2) is 22.6 Å². The van der Waals surface area contributed by atoms with Gasteiger partial charge in [0.15, 0.2) is 11.7 Å². The molecule has 0 aliphatic heterocycles. The minimum Gasteiger partial charge on any atom is -0.370 e. The van der Waals surface area contributed by atoms with Crippen molar-refractivity contribution < 1.29 is 4.52 Å². The van der Waals surface area contributed by atoms with Crippen molar-refractivity contribution in [1.29, 1.82) is 0 Å². The number of nitrogens with two attached hydrogens (primary N) is 1. The Morgan fingerprint density at radius 1 is 1.08 bits per heavy atom. The first kappa shape index (κ1) is 18.9. The van der Waals surface area contributed by atoms with Crippen LogP contribution in [0.1, 0.15) is 11.4 Å². The minimum absolute atomic E-state index is 0. The number of rotatable bonds is 6. The molecule has 0 aliphatic rings. The maximum atomic E-state index is 5.86. The highest BCUT2D eigenvalue weighted by Crippen LogP contribution is 2.19. The van der Waals surface area contributed by atoms with Crippen LogP contribution in [0.4, 0.5) is 0 Å². The SMILES string of the molecule is I.NC(=NCc1cc(-c2ccccc2)on1)NCCc1ccccn1. The van der Waals surface area contributed by atoms with Crippen LogP contribution in [0.5, 0.6) is 0 Å². The Morgan fingerprint density at radius 2 is 1.88 bits per heavy atom. The van der Waals surface area contributed by atoms with E-state index < -0.39 is 0 Å². The van der Waals surface area contributed by atoms with Gasteiger partial charge in [0.1, 0.15) is 5.69 Å². The van der Waals surface area contributed by atoms with E-state index in [0.717, 1.165) is 29.1 Å². The van der Waals surface area contributed by atoms with Crippen LogP contribution in [0.2, 0.25) is 0 Å². The van der Waals surface area contributed by atoms with E-state index in [9.17, 15) is 0 Å². The number of guanidine groups is 1. The summed E-state index contributed by atoms with van der Waals surface area (Å²) in [7, 11) is 0. The molecule has 3 N–H and O–H groups in total. The van der Waals surface area contributed by atoms with Gasteiger partial charge in [-0.1, -0.05) is 41.6 Å². The van der Waals surface area contributed by atoms with E-state index in [1.54, 1.807) is 6.20 Å². The van der Waals surface area contributed by atoms with Gasteiger partial charge in [0, 0.05) is 36.5 Å². The van der Waals surface area contributed by atoms with Crippen LogP contribution >= 0.6 is 24.0 Å². The second-order valence-electron chi connectivity index (χ2n) is 5.25. The first-order chi connectivity index (χ1) is 11.8. The minimum atomic E-state index is 0. The zero-order valence-corrected chi connectivity index (χ0v) is 16.0. The predicted octanol–water partition coefficient (Wildman–Crippen LogP) is 3.00. The van der Waals surface area contributed by atoms with Crippen molar-refractivity contribution in [3.8, 4) is 11.3 Å². The molecule has 130 valence electrons. The van der Waals surface area contributed by atoms with Gasteiger partial charge in [-0.25, -0.2) is 4.99 Å². The molecule has 3 rings (SSSR count). The zero-order chi connectivity index (χ0) is 16.6. The Morgan fingerprint density at radius 3 is 2.64 bits per heavy atom. The number of hydrogen-bond acceptors (Lipinski definition) is 4. The first-order valence-electron chi connectivity index (χ1n) is 7.76. The Bertz CT molecular complexity index is 789. The number of hydrogen-bond donors (Lipinski definition) is 2. The molecule has 0 saturated heterocycles. The third-order valence-electron chi connectivity index (χ3n) is 3.44. The second kappa shape index (κ2) is 9.77. The average molecular weight is 449 g/mol. The Hall–Kier alpha value is -2.42. The van der Waals surface area contributed by atoms with E-state index in [1.165, 1.54) is 0 Å². The van der Waals surface area contributed by atoms with Gasteiger partial charge in [-0.2, -0.15) is 0 Å². The Kier molecular flexibility index (Phi) is 7.39. The van der Waals surface area contributed by atoms with Crippen molar-refractivity contribution in [2.75, 3.05) is 6.54 Å². The fourth-order valence-electron chi connectivity index (χ4n) is 2.21. The normalized spacial score (nSPS) is 11.0. The largest absolute Gasteiger partial charge is 0.370 e. The summed E-state index contributed by atoms with van der Waals surface area (Å²) in [5.41, 5.74) is 8.61. The number of halogens is 1. The summed E-state index contributed by atoms with van der Waals surface area (Å²) in [6.45, 7) is 1.05. The lowest BCUT2D eigenvalue weighted by atomic mass is 10.2. The monoisotopic (exact) mass is 449 g/mol. The molecule has 2 heterocycles. The highest BCUT2D eigenvalue weighted by molar-refractivity contribution is 14.0. The topological polar surface area (TPSA) is 89.3 Å². The number of pyridine rings is 1. The average Bonchev–Trinajstić information content (AvgIpc) is 3.11. The fourth-order valence-corrected chi connectivity index (χ4v) is 2.21. The number of aliphatic imine (C=N–C) groups is 1. The lowest BCUT2D eigenvalue weighted by molar-refractivity contribution is 0.424. The molecule has 0 amide bonds. The molecule has 0 spiro atoms. The molecule has 1 aromatic carbocycles. The van der Waals surface area contributed by atoms with Gasteiger partial charge in [0.05, 0.1) is 6.54 Å². The third-order valence-corrected chi connectivity index (χ3v) is 3.44. The van der Waals surface area contributed by atoms with Crippen LogP contribution < -0.4 is 11.1 Å². The van der Waals surface area contributed by atoms with E-state index in [1.807, 2.05) is 54.6 Å². The number of nitrogens with one attached hydrogen (secondary N) is 1. The van der Waals surface area contributed by atoms with Crippen molar-refractivity contribution in [2.24, 2.45) is 10.7 Å². The molecule has 7 heteroatoms. The van der Waals surface area contributed by atoms with E-state index in [4.69, 9.17) is 10.3 Å². The van der Waals surface area contributed by atoms with Gasteiger partial charge >= 0.3 is 0 Å². The third kappa shape index (κ3) is 5.86. The summed E-state index contributed by atoms with van der Waals surface area (Å²) >= 11 is 0. The highest BCUT2D eigenvalue weighted by atomic mass is 127. The fraction of sp³-hybridized carbons (Fsp3) is 0.167. The molecule has 0 saturated carbocycles. The molecule has 0 unspecified atom stereocenters. The molecular weight excluding hydrogens is 429 g/mol. The van der Waals surface area contributed by atoms with Crippen molar-refractivity contribution in [2.45, 2.75) is 13.0 Å². The molecule has 0 radical (unpaired) electrons. The molecule has 6 nitrogen and oxygen atoms in total. The lowest BCUT2D eigenvalue weighted by Crippen LogP contribution is -2.33. The van der Waals surface area contributed by atoms with Crippen molar-refractivity contribution in [3.05, 3.63) is 72.2 Å². The maximum Gasteiger partial charge on any atom is 0.188 e. The van der Waals surface area contributed by atoms with Crippen LogP contribution in [0.3, 0.4) is 0 Å². The summed E-state index contributed by atoms with van der Waals surface area (Å²) in [6.07, 6.45) is 2.57. The first-order valence-corrected chi connectivity index (χ1v) is 7.76. The van der Waals surface area contributed by atoms with Gasteiger partial charge in [0.2, 0.25) is 0 Å². The predicted molar refractivity (Wildman–Crippen MR) is 109 cm³/mol. The molecule has 0 fully saturated rings. The van der Waals surface area contributed by atoms with Crippen molar-refractivity contribution >= 4 is 29.9 Å². The highest BCUT2D eigenvalue weighted by Gasteiger charge is 2.05. The van der Waals surface area contributed by atoms with Crippen LogP contribution in [0.25, 0.3) is 11.3 Å². The van der Waals surface area contributed by atoms with Crippen LogP contribution in [-0.2, 0) is 13.0 Å². The number of nitrogens with zero attached hydrogens (tertiary/aromatic N) is 3. The molecule has 0 aliphatic carbocycles. The van der Waals surface area contributed by atoms with Gasteiger partial charge in [0.25, 0.3) is 0 Å². The molecule has 3 aromatic rings. The Labute approximate surface area is 163 Å². The summed E-state index contributed by atoms with van der Waals surface area (Å²) < 4.78 is 5.33. The quantitative estimate of drug-likeness (QED) is 0.343. The standard InChI is InChI=1S/C18H19N5O.HI/c19-18(21-11-9-15-8-4-5-10-20-15)22-13-16-12-17(24-23-16)14-6-2-1-3-7-14;/h1-8,10,12H,9,11,13H2,(H3,19,21,22);1H. The lowest BCUT2D eigenvalue weighted by Gasteiger charge is -2.04. The summed E-state index contributed by atoms with van der Waals surface area (Å²) in [6, 6.07) is 17.5. The number of aromatic nitrogens is 2. The zero-order valence-electron chi connectivity index (χ0n) is 13.6. The second-order valence-corrected chi connectivity index (χ2v) is 5.25. The van der Waals surface area contributed by atoms with E-state index in [-0.39, 0.29) is 24.0 Å². The smallest absolute Gasteiger partial charge is 0.188 e. The summed E-state index contributed by atoms with van der Waals surface area (Å²) in [5.74, 6) is 1.11. The molecule has 0 atom stereocenters.